The summed E-state index contributed by atoms with van der Waals surface area (Å²) in [5.74, 6) is -1.05. The number of nitrogens with one attached hydrogen (secondary N) is 1. The first-order valence-corrected chi connectivity index (χ1v) is 3.31. The molecule has 6 nitrogen and oxygen atoms in total. The van der Waals surface area contributed by atoms with Crippen LogP contribution in [0.5, 0.6) is 0 Å². The first-order valence-electron chi connectivity index (χ1n) is 3.31. The lowest BCUT2D eigenvalue weighted by atomic mass is 10.1. The van der Waals surface area contributed by atoms with Crippen LogP contribution in [0, 0.1) is 0 Å². The molecule has 0 aliphatic heterocycles. The molecule has 0 spiro atoms. The predicted octanol–water partition coefficient (Wildman–Crippen LogP) is -1.05. The molecule has 1 aromatic rings. The summed E-state index contributed by atoms with van der Waals surface area (Å²) in [7, 11) is 0. The molecule has 0 radical (unpaired) electrons. The molecule has 1 aromatic heterocycles. The zero-order valence-corrected chi connectivity index (χ0v) is 6.32. The molecule has 0 aliphatic carbocycles. The van der Waals surface area contributed by atoms with Crippen LogP contribution in [0.15, 0.2) is 12.5 Å². The van der Waals surface area contributed by atoms with Crippen molar-refractivity contribution >= 4 is 5.97 Å². The van der Waals surface area contributed by atoms with Crippen LogP contribution in [-0.4, -0.2) is 21.0 Å². The number of carbonyl (C=O) groups is 1. The smallest absolute Gasteiger partial charge is 0.307 e. The molecule has 12 heavy (non-hydrogen) atoms. The second-order valence-electron chi connectivity index (χ2n) is 2.58. The highest BCUT2D eigenvalue weighted by Gasteiger charge is 2.26. The van der Waals surface area contributed by atoms with Crippen molar-refractivity contribution in [3.63, 3.8) is 0 Å². The number of aromatic amines is 1. The minimum atomic E-state index is -1.37. The van der Waals surface area contributed by atoms with Crippen molar-refractivity contribution in [2.45, 2.75) is 12.1 Å². The Balaban J connectivity index is 2.79. The molecule has 0 aliphatic rings. The number of rotatable bonds is 3. The number of H-pyrrole nitrogens is 1. The molecule has 0 fully saturated rings. The van der Waals surface area contributed by atoms with Gasteiger partial charge in [-0.3, -0.25) is 4.79 Å². The Bertz CT molecular complexity index is 267. The lowest BCUT2D eigenvalue weighted by Gasteiger charge is -2.19. The standard InChI is InChI=1S/C6H10N4O2/c7-6(8,1-5(11)12)4-2-9-3-10-4/h2-3H,1,7-8H2,(H,9,10)(H,11,12). The maximum absolute atomic E-state index is 10.3. The van der Waals surface area contributed by atoms with Crippen LogP contribution < -0.4 is 11.5 Å². The second kappa shape index (κ2) is 2.92. The van der Waals surface area contributed by atoms with Crippen molar-refractivity contribution in [2.75, 3.05) is 0 Å². The number of carboxylic acids is 1. The molecule has 0 saturated heterocycles. The van der Waals surface area contributed by atoms with Gasteiger partial charge >= 0.3 is 5.97 Å². The minimum absolute atomic E-state index is 0.338. The number of hydrogen-bond acceptors (Lipinski definition) is 4. The lowest BCUT2D eigenvalue weighted by molar-refractivity contribution is -0.138. The van der Waals surface area contributed by atoms with Gasteiger partial charge in [-0.1, -0.05) is 0 Å². The Labute approximate surface area is 68.6 Å². The molecule has 6 N–H and O–H groups in total. The SMILES string of the molecule is NC(N)(CC(=O)O)c1cnc[nH]1. The van der Waals surface area contributed by atoms with Gasteiger partial charge in [-0.25, -0.2) is 4.98 Å². The van der Waals surface area contributed by atoms with Crippen LogP contribution in [0.4, 0.5) is 0 Å². The Morgan fingerprint density at radius 3 is 2.83 bits per heavy atom. The van der Waals surface area contributed by atoms with E-state index in [1.54, 1.807) is 0 Å². The fourth-order valence-electron chi connectivity index (χ4n) is 0.856. The molecule has 66 valence electrons. The van der Waals surface area contributed by atoms with Gasteiger partial charge in [0.25, 0.3) is 0 Å². The second-order valence-corrected chi connectivity index (χ2v) is 2.58. The summed E-state index contributed by atoms with van der Waals surface area (Å²) in [4.78, 5) is 16.7. The summed E-state index contributed by atoms with van der Waals surface area (Å²) in [5.41, 5.74) is 10.1. The van der Waals surface area contributed by atoms with Gasteiger partial charge in [0.1, 0.15) is 5.66 Å². The average molecular weight is 170 g/mol. The summed E-state index contributed by atoms with van der Waals surface area (Å²) in [5, 5.41) is 8.45. The van der Waals surface area contributed by atoms with Gasteiger partial charge in [0.05, 0.1) is 24.6 Å². The topological polar surface area (TPSA) is 118 Å². The van der Waals surface area contributed by atoms with E-state index >= 15 is 0 Å². The van der Waals surface area contributed by atoms with Crippen molar-refractivity contribution in [1.29, 1.82) is 0 Å². The van der Waals surface area contributed by atoms with Crippen molar-refractivity contribution < 1.29 is 9.90 Å². The van der Waals surface area contributed by atoms with Crippen LogP contribution in [0.1, 0.15) is 12.1 Å². The molecule has 6 heteroatoms. The van der Waals surface area contributed by atoms with Gasteiger partial charge in [0.2, 0.25) is 0 Å². The fraction of sp³-hybridized carbons (Fsp3) is 0.333. The molecule has 0 amide bonds. The van der Waals surface area contributed by atoms with Crippen LogP contribution in [0.2, 0.25) is 0 Å². The highest BCUT2D eigenvalue weighted by atomic mass is 16.4. The molecule has 1 rings (SSSR count). The van der Waals surface area contributed by atoms with Gasteiger partial charge in [-0.2, -0.15) is 0 Å². The summed E-state index contributed by atoms with van der Waals surface area (Å²) in [6.07, 6.45) is 2.46. The number of aromatic nitrogens is 2. The molecule has 0 unspecified atom stereocenters. The highest BCUT2D eigenvalue weighted by Crippen LogP contribution is 2.11. The van der Waals surface area contributed by atoms with Gasteiger partial charge in [0.15, 0.2) is 0 Å². The van der Waals surface area contributed by atoms with Gasteiger partial charge in [-0.05, 0) is 0 Å². The fourth-order valence-corrected chi connectivity index (χ4v) is 0.856. The van der Waals surface area contributed by atoms with Crippen LogP contribution in [0.3, 0.4) is 0 Å². The average Bonchev–Trinajstić information content (AvgIpc) is 2.32. The summed E-state index contributed by atoms with van der Waals surface area (Å²) in [6, 6.07) is 0. The van der Waals surface area contributed by atoms with Crippen LogP contribution >= 0.6 is 0 Å². The maximum atomic E-state index is 10.3. The largest absolute Gasteiger partial charge is 0.481 e. The quantitative estimate of drug-likeness (QED) is 0.432. The van der Waals surface area contributed by atoms with E-state index in [2.05, 4.69) is 9.97 Å². The predicted molar refractivity (Wildman–Crippen MR) is 40.9 cm³/mol. The molecular weight excluding hydrogens is 160 g/mol. The Morgan fingerprint density at radius 1 is 1.75 bits per heavy atom. The molecular formula is C6H10N4O2. The molecule has 0 aromatic carbocycles. The summed E-state index contributed by atoms with van der Waals surface area (Å²) in [6.45, 7) is 0. The Hall–Kier alpha value is -1.40. The Kier molecular flexibility index (Phi) is 2.11. The van der Waals surface area contributed by atoms with Gasteiger partial charge < -0.3 is 21.6 Å². The first kappa shape index (κ1) is 8.69. The van der Waals surface area contributed by atoms with E-state index < -0.39 is 11.6 Å². The van der Waals surface area contributed by atoms with E-state index in [9.17, 15) is 4.79 Å². The third-order valence-corrected chi connectivity index (χ3v) is 1.44. The number of imidazole rings is 1. The third kappa shape index (κ3) is 1.80. The first-order chi connectivity index (χ1) is 5.52. The van der Waals surface area contributed by atoms with Crippen molar-refractivity contribution in [3.05, 3.63) is 18.2 Å². The molecule has 1 heterocycles. The highest BCUT2D eigenvalue weighted by molar-refractivity contribution is 5.68. The third-order valence-electron chi connectivity index (χ3n) is 1.44. The zero-order chi connectivity index (χ0) is 9.19. The van der Waals surface area contributed by atoms with E-state index in [4.69, 9.17) is 16.6 Å². The van der Waals surface area contributed by atoms with E-state index in [1.165, 1.54) is 12.5 Å². The van der Waals surface area contributed by atoms with E-state index in [0.717, 1.165) is 0 Å². The maximum Gasteiger partial charge on any atom is 0.307 e. The van der Waals surface area contributed by atoms with Crippen LogP contribution in [-0.2, 0) is 10.5 Å². The van der Waals surface area contributed by atoms with Gasteiger partial charge in [-0.15, -0.1) is 0 Å². The van der Waals surface area contributed by atoms with Crippen molar-refractivity contribution in [2.24, 2.45) is 11.5 Å². The summed E-state index contributed by atoms with van der Waals surface area (Å²) >= 11 is 0. The zero-order valence-electron chi connectivity index (χ0n) is 6.32. The van der Waals surface area contributed by atoms with E-state index in [1.807, 2.05) is 0 Å². The van der Waals surface area contributed by atoms with Gasteiger partial charge in [0, 0.05) is 0 Å². The normalized spacial score (nSPS) is 11.5. The molecule has 0 bridgehead atoms. The number of aliphatic carboxylic acids is 1. The molecule has 0 atom stereocenters. The lowest BCUT2D eigenvalue weighted by Crippen LogP contribution is -2.48. The minimum Gasteiger partial charge on any atom is -0.481 e. The van der Waals surface area contributed by atoms with Crippen molar-refractivity contribution in [3.8, 4) is 0 Å². The van der Waals surface area contributed by atoms with E-state index in [0.29, 0.717) is 5.69 Å². The number of carboxylic acid groups (broad SMARTS) is 1. The number of nitrogens with two attached hydrogens (primary N) is 2. The molecule has 0 saturated carbocycles. The van der Waals surface area contributed by atoms with E-state index in [-0.39, 0.29) is 6.42 Å². The Morgan fingerprint density at radius 2 is 2.42 bits per heavy atom. The summed E-state index contributed by atoms with van der Waals surface area (Å²) < 4.78 is 0. The number of hydrogen-bond donors (Lipinski definition) is 4. The number of nitrogens with zero attached hydrogens (tertiary/aromatic N) is 1. The van der Waals surface area contributed by atoms with Crippen molar-refractivity contribution in [1.82, 2.24) is 9.97 Å². The monoisotopic (exact) mass is 170 g/mol. The van der Waals surface area contributed by atoms with Crippen LogP contribution in [0.25, 0.3) is 0 Å².